The summed E-state index contributed by atoms with van der Waals surface area (Å²) in [5, 5.41) is 31.1. The van der Waals surface area contributed by atoms with Crippen LogP contribution in [-0.2, 0) is 0 Å². The molecule has 37 heavy (non-hydrogen) atoms. The Hall–Kier alpha value is -3.38. The van der Waals surface area contributed by atoms with Crippen LogP contribution >= 0.6 is 0 Å². The van der Waals surface area contributed by atoms with Crippen LogP contribution in [0.15, 0.2) is 36.8 Å². The second-order valence-electron chi connectivity index (χ2n) is 10.1. The van der Waals surface area contributed by atoms with Gasteiger partial charge in [-0.25, -0.2) is 14.6 Å². The average Bonchev–Trinajstić information content (AvgIpc) is 3.36. The first-order valence-corrected chi connectivity index (χ1v) is 12.6. The molecule has 4 N–H and O–H groups in total. The largest absolute Gasteiger partial charge is 0.391 e. The molecule has 0 amide bonds. The number of β-amino-alcohol motifs (C(OH)–C–C–N with tert-alkyl or cyclic N) is 1. The molecule has 12 heteroatoms. The van der Waals surface area contributed by atoms with Crippen molar-refractivity contribution in [2.75, 3.05) is 28.6 Å². The number of aromatic nitrogens is 5. The van der Waals surface area contributed by atoms with E-state index in [-0.39, 0.29) is 6.04 Å². The summed E-state index contributed by atoms with van der Waals surface area (Å²) >= 11 is 0. The van der Waals surface area contributed by atoms with E-state index in [0.717, 1.165) is 32.2 Å². The lowest BCUT2D eigenvalue weighted by molar-refractivity contribution is 0.0196. The zero-order chi connectivity index (χ0) is 26.0. The normalized spacial score (nSPS) is 24.3. The van der Waals surface area contributed by atoms with E-state index in [1.807, 2.05) is 17.9 Å². The Bertz CT molecular complexity index is 1210. The Balaban J connectivity index is 1.39. The summed E-state index contributed by atoms with van der Waals surface area (Å²) in [4.78, 5) is 15.4. The summed E-state index contributed by atoms with van der Waals surface area (Å²) < 4.78 is 26.9. The van der Waals surface area contributed by atoms with Gasteiger partial charge in [-0.2, -0.15) is 18.9 Å². The number of halogens is 2. The van der Waals surface area contributed by atoms with Crippen LogP contribution in [-0.4, -0.2) is 65.8 Å². The number of alkyl halides is 2. The highest BCUT2D eigenvalue weighted by Crippen LogP contribution is 2.34. The van der Waals surface area contributed by atoms with Gasteiger partial charge < -0.3 is 25.7 Å². The van der Waals surface area contributed by atoms with Crippen LogP contribution in [0.4, 0.5) is 32.1 Å². The highest BCUT2D eigenvalue weighted by atomic mass is 19.3. The van der Waals surface area contributed by atoms with Crippen LogP contribution in [0.2, 0.25) is 0 Å². The molecular weight excluding hydrogens is 482 g/mol. The van der Waals surface area contributed by atoms with Crippen molar-refractivity contribution in [3.63, 3.8) is 0 Å². The molecule has 198 valence electrons. The van der Waals surface area contributed by atoms with E-state index in [9.17, 15) is 19.0 Å². The summed E-state index contributed by atoms with van der Waals surface area (Å²) in [6.45, 7) is 0.388. The van der Waals surface area contributed by atoms with Gasteiger partial charge in [0.1, 0.15) is 11.6 Å². The second kappa shape index (κ2) is 10.5. The number of aliphatic hydroxyl groups is 2. The van der Waals surface area contributed by atoms with E-state index >= 15 is 0 Å². The number of rotatable bonds is 7. The van der Waals surface area contributed by atoms with Crippen LogP contribution in [0.5, 0.6) is 0 Å². The molecule has 1 saturated carbocycles. The minimum atomic E-state index is -2.73. The highest BCUT2D eigenvalue weighted by molar-refractivity contribution is 5.77. The van der Waals surface area contributed by atoms with Crippen LogP contribution in [0.1, 0.15) is 52.0 Å². The number of hydrogen-bond acceptors (Lipinski definition) is 9. The number of nitrogens with one attached hydrogen (secondary N) is 2. The van der Waals surface area contributed by atoms with Crippen molar-refractivity contribution in [3.8, 4) is 11.3 Å². The van der Waals surface area contributed by atoms with Gasteiger partial charge in [-0.05, 0) is 57.6 Å². The van der Waals surface area contributed by atoms with Gasteiger partial charge in [0, 0.05) is 55.0 Å². The topological polar surface area (TPSA) is 124 Å². The van der Waals surface area contributed by atoms with Gasteiger partial charge >= 0.3 is 6.55 Å². The molecule has 0 radical (unpaired) electrons. The summed E-state index contributed by atoms with van der Waals surface area (Å²) in [6, 6.07) is 5.20. The highest BCUT2D eigenvalue weighted by Gasteiger charge is 2.29. The summed E-state index contributed by atoms with van der Waals surface area (Å²) in [7, 11) is 0. The van der Waals surface area contributed by atoms with Crippen LogP contribution in [0, 0.1) is 0 Å². The summed E-state index contributed by atoms with van der Waals surface area (Å²) in [6.07, 6.45) is 8.65. The number of pyridine rings is 1. The Morgan fingerprint density at radius 1 is 1.14 bits per heavy atom. The maximum Gasteiger partial charge on any atom is 0.333 e. The lowest BCUT2D eigenvalue weighted by Crippen LogP contribution is -2.39. The van der Waals surface area contributed by atoms with Gasteiger partial charge in [-0.1, -0.05) is 0 Å². The second-order valence-corrected chi connectivity index (χ2v) is 10.1. The molecule has 10 nitrogen and oxygen atoms in total. The summed E-state index contributed by atoms with van der Waals surface area (Å²) in [5.74, 6) is 1.60. The van der Waals surface area contributed by atoms with Crippen molar-refractivity contribution in [1.82, 2.24) is 24.7 Å². The van der Waals surface area contributed by atoms with Crippen molar-refractivity contribution in [2.45, 2.75) is 69.7 Å². The molecule has 1 aliphatic carbocycles. The zero-order valence-electron chi connectivity index (χ0n) is 20.7. The minimum absolute atomic E-state index is 0.114. The fraction of sp³-hybridized carbons (Fsp3) is 0.520. The van der Waals surface area contributed by atoms with E-state index in [4.69, 9.17) is 0 Å². The van der Waals surface area contributed by atoms with Gasteiger partial charge in [-0.15, -0.1) is 0 Å². The zero-order valence-corrected chi connectivity index (χ0v) is 20.7. The van der Waals surface area contributed by atoms with E-state index in [1.54, 1.807) is 18.5 Å². The SMILES string of the molecule is CC1(O)CCC(Nc2cc(Nc3ccnc(N4CCC[C@@H](O)C4)n3)ncc2-c2ccn(C(F)F)n2)CC1. The molecule has 0 spiro atoms. The van der Waals surface area contributed by atoms with Gasteiger partial charge in [0.05, 0.1) is 17.4 Å². The van der Waals surface area contributed by atoms with E-state index in [0.29, 0.717) is 58.6 Å². The number of nitrogens with zero attached hydrogens (tertiary/aromatic N) is 6. The molecule has 5 rings (SSSR count). The molecule has 4 heterocycles. The molecule has 0 bridgehead atoms. The van der Waals surface area contributed by atoms with E-state index < -0.39 is 18.3 Å². The molecular formula is C25H32F2N8O2. The van der Waals surface area contributed by atoms with E-state index in [1.165, 1.54) is 12.3 Å². The number of piperidine rings is 1. The first-order chi connectivity index (χ1) is 17.8. The van der Waals surface area contributed by atoms with Crippen molar-refractivity contribution in [1.29, 1.82) is 0 Å². The molecule has 3 aromatic rings. The quantitative estimate of drug-likeness (QED) is 0.371. The van der Waals surface area contributed by atoms with Gasteiger partial charge in [0.2, 0.25) is 5.95 Å². The Labute approximate surface area is 213 Å². The molecule has 0 aromatic carbocycles. The van der Waals surface area contributed by atoms with Gasteiger partial charge in [0.25, 0.3) is 0 Å². The lowest BCUT2D eigenvalue weighted by atomic mass is 9.83. The van der Waals surface area contributed by atoms with E-state index in [2.05, 4.69) is 30.7 Å². The fourth-order valence-electron chi connectivity index (χ4n) is 4.88. The van der Waals surface area contributed by atoms with Crippen molar-refractivity contribution in [2.24, 2.45) is 0 Å². The van der Waals surface area contributed by atoms with Crippen molar-refractivity contribution >= 4 is 23.3 Å². The Morgan fingerprint density at radius 3 is 2.68 bits per heavy atom. The fourth-order valence-corrected chi connectivity index (χ4v) is 4.88. The third-order valence-electron chi connectivity index (χ3n) is 6.99. The van der Waals surface area contributed by atoms with Crippen LogP contribution in [0.3, 0.4) is 0 Å². The maximum atomic E-state index is 13.1. The predicted molar refractivity (Wildman–Crippen MR) is 136 cm³/mol. The van der Waals surface area contributed by atoms with Crippen LogP contribution < -0.4 is 15.5 Å². The van der Waals surface area contributed by atoms with Gasteiger partial charge in [0.15, 0.2) is 0 Å². The molecule has 2 fully saturated rings. The predicted octanol–water partition coefficient (Wildman–Crippen LogP) is 3.94. The smallest absolute Gasteiger partial charge is 0.333 e. The van der Waals surface area contributed by atoms with Crippen molar-refractivity contribution in [3.05, 3.63) is 36.8 Å². The van der Waals surface area contributed by atoms with Crippen molar-refractivity contribution < 1.29 is 19.0 Å². The first kappa shape index (κ1) is 25.3. The standard InChI is InChI=1S/C25H32F2N8O2/c1-25(37)8-4-16(5-9-25)30-20-13-22(29-14-18(20)19-7-12-35(33-19)23(26)27)31-21-6-10-28-24(32-21)34-11-2-3-17(36)15-34/h6-7,10,12-14,16-17,23,36-37H,2-5,8-9,11,15H2,1H3,(H2,28,29,30,31,32)/t16?,17-,25?/m1/s1. The maximum absolute atomic E-state index is 13.1. The molecule has 1 saturated heterocycles. The summed E-state index contributed by atoms with van der Waals surface area (Å²) in [5.41, 5.74) is 1.03. The lowest BCUT2D eigenvalue weighted by Gasteiger charge is -2.34. The molecule has 1 aliphatic heterocycles. The number of anilines is 4. The minimum Gasteiger partial charge on any atom is -0.391 e. The first-order valence-electron chi connectivity index (χ1n) is 12.6. The number of hydrogen-bond donors (Lipinski definition) is 4. The Morgan fingerprint density at radius 2 is 1.95 bits per heavy atom. The molecule has 1 atom stereocenters. The third-order valence-corrected chi connectivity index (χ3v) is 6.99. The van der Waals surface area contributed by atoms with Crippen LogP contribution in [0.25, 0.3) is 11.3 Å². The third kappa shape index (κ3) is 6.13. The molecule has 2 aliphatic rings. The molecule has 0 unspecified atom stereocenters. The average molecular weight is 515 g/mol. The molecule has 3 aromatic heterocycles. The number of aliphatic hydroxyl groups excluding tert-OH is 1. The monoisotopic (exact) mass is 514 g/mol. The van der Waals surface area contributed by atoms with Gasteiger partial charge in [-0.3, -0.25) is 0 Å². The Kier molecular flexibility index (Phi) is 7.20.